The highest BCUT2D eigenvalue weighted by Crippen LogP contribution is 2.29. The topological polar surface area (TPSA) is 38.9 Å². The molecule has 14 heavy (non-hydrogen) atoms. The summed E-state index contributed by atoms with van der Waals surface area (Å²) in [6, 6.07) is 6.36. The molecule has 1 aromatic heterocycles. The predicted octanol–water partition coefficient (Wildman–Crippen LogP) is 2.67. The van der Waals surface area contributed by atoms with E-state index in [0.717, 1.165) is 5.69 Å². The summed E-state index contributed by atoms with van der Waals surface area (Å²) in [5.74, 6) is 0.415. The highest BCUT2D eigenvalue weighted by molar-refractivity contribution is 7.13. The summed E-state index contributed by atoms with van der Waals surface area (Å²) in [7, 11) is 0. The van der Waals surface area contributed by atoms with Gasteiger partial charge < -0.3 is 5.73 Å². The van der Waals surface area contributed by atoms with Crippen molar-refractivity contribution in [2.24, 2.45) is 5.73 Å². The maximum absolute atomic E-state index is 5.69. The van der Waals surface area contributed by atoms with Crippen LogP contribution in [0.2, 0.25) is 0 Å². The smallest absolute Gasteiger partial charge is 0.0589 e. The molecule has 0 spiro atoms. The van der Waals surface area contributed by atoms with Gasteiger partial charge in [0.25, 0.3) is 0 Å². The van der Waals surface area contributed by atoms with Gasteiger partial charge in [0.05, 0.1) is 10.4 Å². The van der Waals surface area contributed by atoms with Crippen molar-refractivity contribution < 1.29 is 0 Å². The average molecular weight is 206 g/mol. The number of rotatable bonds is 2. The number of hydrogen-bond acceptors (Lipinski definition) is 3. The molecule has 2 N–H and O–H groups in total. The van der Waals surface area contributed by atoms with E-state index in [9.17, 15) is 0 Å². The summed E-state index contributed by atoms with van der Waals surface area (Å²) in [5, 5.41) is 1.27. The summed E-state index contributed by atoms with van der Waals surface area (Å²) < 4.78 is 5.67. The van der Waals surface area contributed by atoms with Gasteiger partial charge in [-0.05, 0) is 36.5 Å². The Morgan fingerprint density at radius 3 is 3.00 bits per heavy atom. The lowest BCUT2D eigenvalue weighted by Crippen LogP contribution is -2.08. The second-order valence-corrected chi connectivity index (χ2v) is 4.40. The van der Waals surface area contributed by atoms with Crippen molar-refractivity contribution in [2.45, 2.75) is 19.8 Å². The van der Waals surface area contributed by atoms with E-state index in [4.69, 9.17) is 5.73 Å². The Labute approximate surface area is 87.9 Å². The largest absolute Gasteiger partial charge is 0.330 e. The molecular weight excluding hydrogens is 192 g/mol. The van der Waals surface area contributed by atoms with Crippen molar-refractivity contribution in [3.05, 3.63) is 29.5 Å². The molecule has 1 heterocycles. The second-order valence-electron chi connectivity index (χ2n) is 3.63. The van der Waals surface area contributed by atoms with Gasteiger partial charge in [-0.15, -0.1) is 0 Å². The Kier molecular flexibility index (Phi) is 2.52. The lowest BCUT2D eigenvalue weighted by Gasteiger charge is -2.09. The number of nitrogens with zero attached hydrogens (tertiary/aromatic N) is 1. The minimum Gasteiger partial charge on any atom is -0.330 e. The number of aromatic nitrogens is 1. The Morgan fingerprint density at radius 1 is 1.50 bits per heavy atom. The summed E-state index contributed by atoms with van der Waals surface area (Å²) in [4.78, 5) is 0. The lowest BCUT2D eigenvalue weighted by atomic mass is 10.00. The second kappa shape index (κ2) is 3.67. The molecule has 1 atom stereocenters. The molecule has 0 saturated carbocycles. The van der Waals surface area contributed by atoms with Crippen molar-refractivity contribution in [1.82, 2.24) is 4.37 Å². The van der Waals surface area contributed by atoms with Crippen LogP contribution in [0.3, 0.4) is 0 Å². The maximum atomic E-state index is 5.69. The van der Waals surface area contributed by atoms with Crippen LogP contribution in [0, 0.1) is 6.92 Å². The zero-order valence-corrected chi connectivity index (χ0v) is 9.27. The molecule has 2 aromatic rings. The molecule has 0 radical (unpaired) electrons. The van der Waals surface area contributed by atoms with E-state index in [1.54, 1.807) is 11.5 Å². The first kappa shape index (κ1) is 9.62. The van der Waals surface area contributed by atoms with Crippen molar-refractivity contribution in [1.29, 1.82) is 0 Å². The molecule has 0 fully saturated rings. The van der Waals surface area contributed by atoms with Crippen molar-refractivity contribution in [3.63, 3.8) is 0 Å². The van der Waals surface area contributed by atoms with Crippen LogP contribution in [0.5, 0.6) is 0 Å². The molecule has 3 heteroatoms. The molecule has 74 valence electrons. The molecule has 2 rings (SSSR count). The first-order valence-electron chi connectivity index (χ1n) is 4.79. The quantitative estimate of drug-likeness (QED) is 0.820. The number of aryl methyl sites for hydroxylation is 1. The summed E-state index contributed by atoms with van der Waals surface area (Å²) in [6.45, 7) is 4.90. The Morgan fingerprint density at radius 2 is 2.29 bits per heavy atom. The van der Waals surface area contributed by atoms with E-state index in [1.807, 2.05) is 0 Å². The first-order valence-corrected chi connectivity index (χ1v) is 5.56. The number of fused-ring (bicyclic) bond motifs is 1. The number of benzene rings is 1. The highest BCUT2D eigenvalue weighted by atomic mass is 32.1. The Bertz CT molecular complexity index is 447. The predicted molar refractivity (Wildman–Crippen MR) is 61.8 cm³/mol. The van der Waals surface area contributed by atoms with Gasteiger partial charge in [-0.3, -0.25) is 0 Å². The van der Waals surface area contributed by atoms with Gasteiger partial charge in [-0.1, -0.05) is 25.1 Å². The van der Waals surface area contributed by atoms with Gasteiger partial charge in [-0.2, -0.15) is 4.37 Å². The minimum atomic E-state index is 0.415. The highest BCUT2D eigenvalue weighted by Gasteiger charge is 2.10. The zero-order chi connectivity index (χ0) is 10.1. The van der Waals surface area contributed by atoms with Crippen LogP contribution in [0.1, 0.15) is 24.1 Å². The van der Waals surface area contributed by atoms with Crippen molar-refractivity contribution in [2.75, 3.05) is 6.54 Å². The Hall–Kier alpha value is -0.930. The van der Waals surface area contributed by atoms with Gasteiger partial charge in [0.1, 0.15) is 0 Å². The van der Waals surface area contributed by atoms with Crippen LogP contribution in [0.4, 0.5) is 0 Å². The standard InChI is InChI=1S/C11H14N2S/c1-7(6-12)9-4-3-5-10-8(2)13-14-11(9)10/h3-5,7H,6,12H2,1-2H3. The molecule has 1 aromatic carbocycles. The van der Waals surface area contributed by atoms with Gasteiger partial charge in [0.15, 0.2) is 0 Å². The number of hydrogen-bond donors (Lipinski definition) is 1. The molecule has 0 aliphatic rings. The third-order valence-electron chi connectivity index (χ3n) is 2.59. The monoisotopic (exact) mass is 206 g/mol. The molecule has 0 aliphatic heterocycles. The van der Waals surface area contributed by atoms with Crippen LogP contribution in [-0.4, -0.2) is 10.9 Å². The van der Waals surface area contributed by atoms with Crippen LogP contribution in [0.25, 0.3) is 10.1 Å². The molecule has 0 amide bonds. The zero-order valence-electron chi connectivity index (χ0n) is 8.45. The molecule has 0 saturated heterocycles. The van der Waals surface area contributed by atoms with E-state index in [2.05, 4.69) is 36.4 Å². The van der Waals surface area contributed by atoms with Gasteiger partial charge >= 0.3 is 0 Å². The first-order chi connectivity index (χ1) is 6.74. The fourth-order valence-corrected chi connectivity index (χ4v) is 2.64. The van der Waals surface area contributed by atoms with Crippen LogP contribution >= 0.6 is 11.5 Å². The van der Waals surface area contributed by atoms with Crippen molar-refractivity contribution in [3.8, 4) is 0 Å². The fourth-order valence-electron chi connectivity index (χ4n) is 1.62. The molecular formula is C11H14N2S. The fraction of sp³-hybridized carbons (Fsp3) is 0.364. The minimum absolute atomic E-state index is 0.415. The molecule has 2 nitrogen and oxygen atoms in total. The normalized spacial score (nSPS) is 13.4. The van der Waals surface area contributed by atoms with Gasteiger partial charge in [0, 0.05) is 5.39 Å². The lowest BCUT2D eigenvalue weighted by molar-refractivity contribution is 0.782. The molecule has 1 unspecified atom stereocenters. The van der Waals surface area contributed by atoms with E-state index in [0.29, 0.717) is 12.5 Å². The Balaban J connectivity index is 2.65. The van der Waals surface area contributed by atoms with Crippen LogP contribution in [-0.2, 0) is 0 Å². The van der Waals surface area contributed by atoms with E-state index in [1.165, 1.54) is 15.6 Å². The summed E-state index contributed by atoms with van der Waals surface area (Å²) in [6.07, 6.45) is 0. The van der Waals surface area contributed by atoms with E-state index >= 15 is 0 Å². The van der Waals surface area contributed by atoms with Crippen LogP contribution < -0.4 is 5.73 Å². The van der Waals surface area contributed by atoms with Crippen LogP contribution in [0.15, 0.2) is 18.2 Å². The van der Waals surface area contributed by atoms with Gasteiger partial charge in [0.2, 0.25) is 0 Å². The molecule has 0 bridgehead atoms. The molecule has 0 aliphatic carbocycles. The third kappa shape index (κ3) is 1.42. The summed E-state index contributed by atoms with van der Waals surface area (Å²) in [5.41, 5.74) is 8.14. The maximum Gasteiger partial charge on any atom is 0.0589 e. The van der Waals surface area contributed by atoms with E-state index < -0.39 is 0 Å². The third-order valence-corrected chi connectivity index (χ3v) is 3.60. The van der Waals surface area contributed by atoms with Gasteiger partial charge in [-0.25, -0.2) is 0 Å². The SMILES string of the molecule is Cc1nsc2c(C(C)CN)cccc12. The summed E-state index contributed by atoms with van der Waals surface area (Å²) >= 11 is 1.58. The number of nitrogens with two attached hydrogens (primary N) is 1. The van der Waals surface area contributed by atoms with Crippen molar-refractivity contribution >= 4 is 21.6 Å². The average Bonchev–Trinajstić information content (AvgIpc) is 2.59. The van der Waals surface area contributed by atoms with E-state index in [-0.39, 0.29) is 0 Å².